The van der Waals surface area contributed by atoms with Crippen LogP contribution in [0.15, 0.2) is 30.3 Å². The molecular weight excluding hydrogens is 262 g/mol. The van der Waals surface area contributed by atoms with Gasteiger partial charge < -0.3 is 5.32 Å². The predicted molar refractivity (Wildman–Crippen MR) is 73.8 cm³/mol. The van der Waals surface area contributed by atoms with Crippen molar-refractivity contribution in [3.05, 3.63) is 52.2 Å². The van der Waals surface area contributed by atoms with E-state index in [9.17, 15) is 4.79 Å². The Hall–Kier alpha value is -2.38. The van der Waals surface area contributed by atoms with E-state index >= 15 is 0 Å². The molecule has 0 radical (unpaired) electrons. The first-order chi connectivity index (χ1) is 9.13. The van der Waals surface area contributed by atoms with E-state index in [1.807, 2.05) is 37.3 Å². The van der Waals surface area contributed by atoms with E-state index in [4.69, 9.17) is 16.9 Å². The van der Waals surface area contributed by atoms with Crippen LogP contribution in [0.3, 0.4) is 0 Å². The summed E-state index contributed by atoms with van der Waals surface area (Å²) in [4.78, 5) is 15.2. The number of nitrogens with zero attached hydrogens (tertiary/aromatic N) is 2. The zero-order valence-corrected chi connectivity index (χ0v) is 10.9. The van der Waals surface area contributed by atoms with Crippen LogP contribution in [0.4, 0.5) is 11.5 Å². The molecule has 1 aromatic carbocycles. The van der Waals surface area contributed by atoms with Gasteiger partial charge in [0.2, 0.25) is 0 Å². The SMILES string of the molecule is Cc1cccc(Nc2nc(Cl)cc(C#N)c2C=O)c1. The molecule has 5 heteroatoms. The van der Waals surface area contributed by atoms with Crippen LogP contribution in [0.5, 0.6) is 0 Å². The topological polar surface area (TPSA) is 65.8 Å². The average Bonchev–Trinajstić information content (AvgIpc) is 2.38. The fourth-order valence-corrected chi connectivity index (χ4v) is 1.88. The van der Waals surface area contributed by atoms with Gasteiger partial charge in [-0.25, -0.2) is 4.98 Å². The predicted octanol–water partition coefficient (Wildman–Crippen LogP) is 3.47. The number of benzene rings is 1. The van der Waals surface area contributed by atoms with Crippen molar-refractivity contribution in [3.63, 3.8) is 0 Å². The first-order valence-corrected chi connectivity index (χ1v) is 5.91. The Balaban J connectivity index is 2.48. The number of nitrogens with one attached hydrogen (secondary N) is 1. The highest BCUT2D eigenvalue weighted by atomic mass is 35.5. The summed E-state index contributed by atoms with van der Waals surface area (Å²) < 4.78 is 0. The largest absolute Gasteiger partial charge is 0.340 e. The zero-order chi connectivity index (χ0) is 13.8. The summed E-state index contributed by atoms with van der Waals surface area (Å²) in [5, 5.41) is 12.2. The van der Waals surface area contributed by atoms with Crippen LogP contribution < -0.4 is 5.32 Å². The van der Waals surface area contributed by atoms with E-state index in [1.165, 1.54) is 6.07 Å². The first kappa shape index (κ1) is 13.1. The lowest BCUT2D eigenvalue weighted by atomic mass is 10.1. The van der Waals surface area contributed by atoms with E-state index in [1.54, 1.807) is 0 Å². The molecule has 0 fully saturated rings. The molecule has 0 saturated heterocycles. The van der Waals surface area contributed by atoms with Crippen LogP contribution in [0.2, 0.25) is 5.15 Å². The molecule has 0 amide bonds. The molecule has 0 aliphatic rings. The molecule has 0 atom stereocenters. The van der Waals surface area contributed by atoms with Gasteiger partial charge in [-0.3, -0.25) is 4.79 Å². The number of aromatic nitrogens is 1. The van der Waals surface area contributed by atoms with Crippen molar-refractivity contribution in [1.29, 1.82) is 5.26 Å². The van der Waals surface area contributed by atoms with Gasteiger partial charge in [0.15, 0.2) is 6.29 Å². The summed E-state index contributed by atoms with van der Waals surface area (Å²) in [5.74, 6) is 0.282. The number of carbonyl (C=O) groups excluding carboxylic acids is 1. The Morgan fingerprint density at radius 3 is 2.84 bits per heavy atom. The van der Waals surface area contributed by atoms with E-state index < -0.39 is 0 Å². The molecule has 0 spiro atoms. The third-order valence-corrected chi connectivity index (χ3v) is 2.74. The first-order valence-electron chi connectivity index (χ1n) is 5.53. The summed E-state index contributed by atoms with van der Waals surface area (Å²) >= 11 is 5.84. The minimum Gasteiger partial charge on any atom is -0.340 e. The Morgan fingerprint density at radius 2 is 2.21 bits per heavy atom. The summed E-state index contributed by atoms with van der Waals surface area (Å²) in [6.07, 6.45) is 0.597. The highest BCUT2D eigenvalue weighted by Gasteiger charge is 2.11. The Kier molecular flexibility index (Phi) is 3.79. The van der Waals surface area contributed by atoms with Crippen LogP contribution in [0.25, 0.3) is 0 Å². The molecule has 1 heterocycles. The number of aldehydes is 1. The van der Waals surface area contributed by atoms with Gasteiger partial charge in [0.1, 0.15) is 17.0 Å². The van der Waals surface area contributed by atoms with Crippen molar-refractivity contribution in [3.8, 4) is 6.07 Å². The van der Waals surface area contributed by atoms with Gasteiger partial charge in [0.05, 0.1) is 11.1 Å². The number of nitriles is 1. The quantitative estimate of drug-likeness (QED) is 0.686. The van der Waals surface area contributed by atoms with Crippen molar-refractivity contribution in [2.24, 2.45) is 0 Å². The molecule has 2 aromatic rings. The molecule has 0 aliphatic carbocycles. The van der Waals surface area contributed by atoms with Crippen molar-refractivity contribution >= 4 is 29.4 Å². The monoisotopic (exact) mass is 271 g/mol. The molecule has 0 unspecified atom stereocenters. The van der Waals surface area contributed by atoms with Gasteiger partial charge in [0, 0.05) is 5.69 Å². The van der Waals surface area contributed by atoms with Crippen molar-refractivity contribution in [2.75, 3.05) is 5.32 Å². The van der Waals surface area contributed by atoms with Crippen molar-refractivity contribution in [1.82, 2.24) is 4.98 Å². The molecule has 4 nitrogen and oxygen atoms in total. The van der Waals surface area contributed by atoms with Crippen molar-refractivity contribution < 1.29 is 4.79 Å². The van der Waals surface area contributed by atoms with Gasteiger partial charge in [-0.2, -0.15) is 5.26 Å². The lowest BCUT2D eigenvalue weighted by Gasteiger charge is -2.10. The Bertz CT molecular complexity index is 677. The van der Waals surface area contributed by atoms with Gasteiger partial charge in [-0.05, 0) is 30.7 Å². The normalized spacial score (nSPS) is 9.74. The van der Waals surface area contributed by atoms with E-state index in [0.717, 1.165) is 11.3 Å². The van der Waals surface area contributed by atoms with Crippen LogP contribution >= 0.6 is 11.6 Å². The smallest absolute Gasteiger partial charge is 0.155 e. The maximum absolute atomic E-state index is 11.1. The van der Waals surface area contributed by atoms with Crippen LogP contribution in [0, 0.1) is 18.3 Å². The molecule has 1 N–H and O–H groups in total. The van der Waals surface area contributed by atoms with Crippen LogP contribution in [0.1, 0.15) is 21.5 Å². The van der Waals surface area contributed by atoms with Crippen LogP contribution in [-0.2, 0) is 0 Å². The fraction of sp³-hybridized carbons (Fsp3) is 0.0714. The molecule has 1 aromatic heterocycles. The van der Waals surface area contributed by atoms with Gasteiger partial charge in [0.25, 0.3) is 0 Å². The Labute approximate surface area is 115 Å². The highest BCUT2D eigenvalue weighted by Crippen LogP contribution is 2.23. The number of carbonyl (C=O) groups is 1. The molecule has 19 heavy (non-hydrogen) atoms. The third kappa shape index (κ3) is 2.90. The standard InChI is InChI=1S/C14H10ClN3O/c1-9-3-2-4-11(5-9)17-14-12(8-19)10(7-16)6-13(15)18-14/h2-6,8H,1H3,(H,17,18). The van der Waals surface area contributed by atoms with Gasteiger partial charge in [-0.15, -0.1) is 0 Å². The van der Waals surface area contributed by atoms with Crippen LogP contribution in [-0.4, -0.2) is 11.3 Å². The lowest BCUT2D eigenvalue weighted by Crippen LogP contribution is -2.01. The van der Waals surface area contributed by atoms with Crippen molar-refractivity contribution in [2.45, 2.75) is 6.92 Å². The average molecular weight is 272 g/mol. The molecule has 2 rings (SSSR count). The summed E-state index contributed by atoms with van der Waals surface area (Å²) in [5.41, 5.74) is 2.25. The number of anilines is 2. The maximum atomic E-state index is 11.1. The fourth-order valence-electron chi connectivity index (χ4n) is 1.69. The second kappa shape index (κ2) is 5.51. The maximum Gasteiger partial charge on any atom is 0.155 e. The number of halogens is 1. The van der Waals surface area contributed by atoms with Gasteiger partial charge in [-0.1, -0.05) is 23.7 Å². The lowest BCUT2D eigenvalue weighted by molar-refractivity contribution is 0.112. The molecule has 0 bridgehead atoms. The minimum atomic E-state index is 0.164. The number of hydrogen-bond acceptors (Lipinski definition) is 4. The second-order valence-electron chi connectivity index (χ2n) is 3.98. The molecule has 0 aliphatic heterocycles. The van der Waals surface area contributed by atoms with E-state index in [0.29, 0.717) is 6.29 Å². The number of rotatable bonds is 3. The zero-order valence-electron chi connectivity index (χ0n) is 10.1. The van der Waals surface area contributed by atoms with Gasteiger partial charge >= 0.3 is 0 Å². The Morgan fingerprint density at radius 1 is 1.42 bits per heavy atom. The summed E-state index contributed by atoms with van der Waals surface area (Å²) in [6.45, 7) is 1.96. The third-order valence-electron chi connectivity index (χ3n) is 2.55. The number of aryl methyl sites for hydroxylation is 1. The molecular formula is C14H10ClN3O. The highest BCUT2D eigenvalue weighted by molar-refractivity contribution is 6.29. The summed E-state index contributed by atoms with van der Waals surface area (Å²) in [6, 6.07) is 10.9. The van der Waals surface area contributed by atoms with E-state index in [-0.39, 0.29) is 22.1 Å². The minimum absolute atomic E-state index is 0.164. The molecule has 94 valence electrons. The summed E-state index contributed by atoms with van der Waals surface area (Å²) in [7, 11) is 0. The second-order valence-corrected chi connectivity index (χ2v) is 4.37. The molecule has 0 saturated carbocycles. The van der Waals surface area contributed by atoms with E-state index in [2.05, 4.69) is 10.3 Å². The number of pyridine rings is 1. The number of hydrogen-bond donors (Lipinski definition) is 1.